The summed E-state index contributed by atoms with van der Waals surface area (Å²) in [5.41, 5.74) is -9.45. The summed E-state index contributed by atoms with van der Waals surface area (Å²) in [7, 11) is -8.49. The summed E-state index contributed by atoms with van der Waals surface area (Å²) in [6.07, 6.45) is 0. The first-order valence-electron chi connectivity index (χ1n) is 7.54. The zero-order valence-corrected chi connectivity index (χ0v) is 16.8. The van der Waals surface area contributed by atoms with Crippen LogP contribution in [0.2, 0.25) is 0 Å². The number of nitrogens with zero attached hydrogens (tertiary/aromatic N) is 3. The largest absolute Gasteiger partial charge is 0.521 e. The second-order valence-electron chi connectivity index (χ2n) is 5.56. The first kappa shape index (κ1) is 26.1. The van der Waals surface area contributed by atoms with Crippen LogP contribution < -0.4 is 0 Å². The van der Waals surface area contributed by atoms with Crippen molar-refractivity contribution >= 4 is 26.1 Å². The van der Waals surface area contributed by atoms with Crippen LogP contribution in [0.5, 0.6) is 0 Å². The molecule has 1 aliphatic heterocycles. The SMILES string of the molecule is CN1CC[N+](C)=C1c1ccccc1.O=S(=O)(O[N-]OS(=O)(=O)C(F)(F)F)C(F)(F)F. The van der Waals surface area contributed by atoms with Gasteiger partial charge in [0, 0.05) is 0 Å². The van der Waals surface area contributed by atoms with Crippen LogP contribution in [0.1, 0.15) is 5.56 Å². The second kappa shape index (κ2) is 9.46. The molecule has 0 N–H and O–H groups in total. The third-order valence-electron chi connectivity index (χ3n) is 3.35. The van der Waals surface area contributed by atoms with Gasteiger partial charge in [-0.1, -0.05) is 18.2 Å². The fraction of sp³-hybridized carbons (Fsp3) is 0.462. The molecule has 0 aromatic heterocycles. The van der Waals surface area contributed by atoms with Crippen LogP contribution in [0, 0.1) is 0 Å². The number of halogens is 6. The molecule has 0 saturated carbocycles. The molecule has 1 aromatic carbocycles. The molecule has 0 atom stereocenters. The molecule has 30 heavy (non-hydrogen) atoms. The highest BCUT2D eigenvalue weighted by Crippen LogP contribution is 2.29. The topological polar surface area (TPSA) is 107 Å². The zero-order valence-electron chi connectivity index (χ0n) is 15.2. The Labute approximate surface area is 167 Å². The van der Waals surface area contributed by atoms with Crippen LogP contribution in [0.25, 0.3) is 5.64 Å². The minimum atomic E-state index is -6.39. The summed E-state index contributed by atoms with van der Waals surface area (Å²) in [6, 6.07) is 10.5. The zero-order chi connectivity index (χ0) is 23.4. The van der Waals surface area contributed by atoms with Gasteiger partial charge >= 0.3 is 31.3 Å². The van der Waals surface area contributed by atoms with Gasteiger partial charge in [0.15, 0.2) is 0 Å². The lowest BCUT2D eigenvalue weighted by Gasteiger charge is -2.21. The molecule has 0 saturated heterocycles. The molecule has 0 unspecified atom stereocenters. The molecule has 0 amide bonds. The summed E-state index contributed by atoms with van der Waals surface area (Å²) in [6.45, 7) is 2.25. The fourth-order valence-electron chi connectivity index (χ4n) is 2.01. The van der Waals surface area contributed by atoms with E-state index in [0.29, 0.717) is 0 Å². The van der Waals surface area contributed by atoms with E-state index in [0.717, 1.165) is 13.1 Å². The van der Waals surface area contributed by atoms with Crippen molar-refractivity contribution in [2.45, 2.75) is 11.0 Å². The van der Waals surface area contributed by atoms with Gasteiger partial charge in [0.05, 0.1) is 19.7 Å². The average molecular weight is 487 g/mol. The van der Waals surface area contributed by atoms with Crippen molar-refractivity contribution in [3.05, 3.63) is 41.5 Å². The Bertz CT molecular complexity index is 917. The number of rotatable bonds is 5. The number of hydrogen-bond donors (Lipinski definition) is 0. The lowest BCUT2D eigenvalue weighted by molar-refractivity contribution is -0.486. The quantitative estimate of drug-likeness (QED) is 0.270. The molecule has 0 radical (unpaired) electrons. The van der Waals surface area contributed by atoms with Gasteiger partial charge in [0.25, 0.3) is 5.84 Å². The van der Waals surface area contributed by atoms with E-state index in [1.54, 1.807) is 0 Å². The van der Waals surface area contributed by atoms with Gasteiger partial charge in [-0.05, 0) is 12.1 Å². The molecule has 0 bridgehead atoms. The van der Waals surface area contributed by atoms with Crippen molar-refractivity contribution < 1.29 is 56.3 Å². The minimum Gasteiger partial charge on any atom is -0.370 e. The molecule has 9 nitrogen and oxygen atoms in total. The maximum absolute atomic E-state index is 11.5. The van der Waals surface area contributed by atoms with E-state index in [9.17, 15) is 43.2 Å². The standard InChI is InChI=1S/C11H15N2.C2F6NO6S2/c1-12-8-9-13(2)11(12)10-6-4-3-5-7-10;3-1(4,5)16(10,11)14-9-15-17(12,13)2(6,7)8/h3-7H,8-9H2,1-2H3;/q+1;-1. The molecule has 1 heterocycles. The summed E-state index contributed by atoms with van der Waals surface area (Å²) in [5, 5.41) is 0. The third kappa shape index (κ3) is 6.79. The Morgan fingerprint density at radius 3 is 1.70 bits per heavy atom. The molecule has 0 spiro atoms. The van der Waals surface area contributed by atoms with E-state index >= 15 is 0 Å². The van der Waals surface area contributed by atoms with Crippen LogP contribution in [-0.4, -0.2) is 70.3 Å². The molecule has 0 fully saturated rings. The van der Waals surface area contributed by atoms with E-state index in [1.807, 2.05) is 0 Å². The van der Waals surface area contributed by atoms with Crippen molar-refractivity contribution in [1.82, 2.24) is 4.90 Å². The van der Waals surface area contributed by atoms with Gasteiger partial charge in [-0.2, -0.15) is 43.2 Å². The van der Waals surface area contributed by atoms with Crippen LogP contribution in [0.15, 0.2) is 30.3 Å². The number of likely N-dealkylation sites (N-methyl/N-ethyl adjacent to an activating group) is 2. The monoisotopic (exact) mass is 487 g/mol. The highest BCUT2D eigenvalue weighted by molar-refractivity contribution is 7.88. The Balaban J connectivity index is 0.000000308. The van der Waals surface area contributed by atoms with Gasteiger partial charge in [-0.25, -0.2) is 0 Å². The highest BCUT2D eigenvalue weighted by Gasteiger charge is 2.47. The van der Waals surface area contributed by atoms with Gasteiger partial charge < -0.3 is 14.2 Å². The molecule has 2 rings (SSSR count). The number of benzene rings is 1. The second-order valence-corrected chi connectivity index (χ2v) is 8.60. The summed E-state index contributed by atoms with van der Waals surface area (Å²) >= 11 is 0. The normalized spacial score (nSPS) is 15.8. The summed E-state index contributed by atoms with van der Waals surface area (Å²) in [5.74, 6) is 1.33. The van der Waals surface area contributed by atoms with Gasteiger partial charge in [0.2, 0.25) is 0 Å². The Kier molecular flexibility index (Phi) is 8.23. The number of alkyl halides is 6. The lowest BCUT2D eigenvalue weighted by atomic mass is 10.2. The minimum absolute atomic E-state index is 1.13. The van der Waals surface area contributed by atoms with E-state index in [4.69, 9.17) is 0 Å². The van der Waals surface area contributed by atoms with Crippen LogP contribution in [0.3, 0.4) is 0 Å². The predicted molar refractivity (Wildman–Crippen MR) is 89.7 cm³/mol. The van der Waals surface area contributed by atoms with Crippen molar-refractivity contribution in [2.24, 2.45) is 0 Å². The number of amidine groups is 1. The Morgan fingerprint density at radius 1 is 0.933 bits per heavy atom. The van der Waals surface area contributed by atoms with E-state index in [1.165, 1.54) is 17.0 Å². The molecule has 172 valence electrons. The summed E-state index contributed by atoms with van der Waals surface area (Å²) < 4.78 is 116. The van der Waals surface area contributed by atoms with E-state index in [2.05, 4.69) is 62.5 Å². The molecular weight excluding hydrogens is 472 g/mol. The maximum Gasteiger partial charge on any atom is 0.521 e. The van der Waals surface area contributed by atoms with Crippen molar-refractivity contribution in [3.63, 3.8) is 0 Å². The predicted octanol–water partition coefficient (Wildman–Crippen LogP) is 1.94. The fourth-order valence-corrected chi connectivity index (χ4v) is 2.44. The van der Waals surface area contributed by atoms with Crippen molar-refractivity contribution in [2.75, 3.05) is 27.2 Å². The first-order chi connectivity index (χ1) is 13.5. The van der Waals surface area contributed by atoms with Gasteiger partial charge in [-0.3, -0.25) is 9.48 Å². The summed E-state index contributed by atoms with van der Waals surface area (Å²) in [4.78, 5) is 2.30. The maximum atomic E-state index is 11.5. The Hall–Kier alpha value is -1.95. The van der Waals surface area contributed by atoms with Crippen LogP contribution >= 0.6 is 0 Å². The van der Waals surface area contributed by atoms with Crippen molar-refractivity contribution in [3.8, 4) is 0 Å². The smallest absolute Gasteiger partial charge is 0.370 e. The van der Waals surface area contributed by atoms with Crippen LogP contribution in [-0.2, 0) is 28.8 Å². The molecular formula is C13H15F6N3O6S2. The average Bonchev–Trinajstić information content (AvgIpc) is 2.92. The molecule has 1 aliphatic rings. The van der Waals surface area contributed by atoms with E-state index in [-0.39, 0.29) is 0 Å². The third-order valence-corrected chi connectivity index (χ3v) is 5.00. The van der Waals surface area contributed by atoms with Gasteiger partial charge in [-0.15, -0.1) is 0 Å². The van der Waals surface area contributed by atoms with E-state index < -0.39 is 31.3 Å². The first-order valence-corrected chi connectivity index (χ1v) is 10.4. The molecule has 0 aliphatic carbocycles. The lowest BCUT2D eigenvalue weighted by Crippen LogP contribution is -2.27. The molecule has 17 heteroatoms. The van der Waals surface area contributed by atoms with Gasteiger partial charge in [0.1, 0.15) is 13.1 Å². The Morgan fingerprint density at radius 2 is 1.37 bits per heavy atom. The molecule has 1 aromatic rings. The van der Waals surface area contributed by atoms with Crippen molar-refractivity contribution in [1.29, 1.82) is 0 Å². The van der Waals surface area contributed by atoms with Crippen LogP contribution in [0.4, 0.5) is 26.3 Å². The number of hydrogen-bond acceptors (Lipinski definition) is 7. The highest BCUT2D eigenvalue weighted by atomic mass is 32.2.